The largest absolute Gasteiger partial charge is 0.419 e. The second-order valence-corrected chi connectivity index (χ2v) is 6.98. The lowest BCUT2D eigenvalue weighted by Gasteiger charge is -2.35. The number of nitrogens with one attached hydrogen (secondary N) is 1. The first kappa shape index (κ1) is 18.0. The third kappa shape index (κ3) is 4.44. The molecule has 0 spiro atoms. The highest BCUT2D eigenvalue weighted by Crippen LogP contribution is 2.36. The SMILES string of the molecule is O=C(NC1CCN(c2ncccc2C(F)(F)F)CC1)C1CCCCC1. The lowest BCUT2D eigenvalue weighted by atomic mass is 9.88. The minimum absolute atomic E-state index is 0.00735. The summed E-state index contributed by atoms with van der Waals surface area (Å²) in [6, 6.07) is 2.42. The van der Waals surface area contributed by atoms with Crippen LogP contribution in [0, 0.1) is 5.92 Å². The molecule has 25 heavy (non-hydrogen) atoms. The van der Waals surface area contributed by atoms with Crippen LogP contribution in [0.1, 0.15) is 50.5 Å². The van der Waals surface area contributed by atoms with Gasteiger partial charge in [0.05, 0.1) is 5.56 Å². The number of carbonyl (C=O) groups is 1. The second-order valence-electron chi connectivity index (χ2n) is 6.98. The number of hydrogen-bond acceptors (Lipinski definition) is 3. The van der Waals surface area contributed by atoms with Gasteiger partial charge in [-0.3, -0.25) is 4.79 Å². The van der Waals surface area contributed by atoms with Gasteiger partial charge in [0.15, 0.2) is 0 Å². The van der Waals surface area contributed by atoms with Crippen molar-refractivity contribution in [2.75, 3.05) is 18.0 Å². The highest BCUT2D eigenvalue weighted by Gasteiger charge is 2.36. The fourth-order valence-electron chi connectivity index (χ4n) is 3.79. The van der Waals surface area contributed by atoms with Crippen molar-refractivity contribution in [3.63, 3.8) is 0 Å². The molecule has 1 aromatic heterocycles. The number of rotatable bonds is 3. The molecular weight excluding hydrogens is 331 g/mol. The average molecular weight is 355 g/mol. The van der Waals surface area contributed by atoms with Crippen LogP contribution in [0.5, 0.6) is 0 Å². The smallest absolute Gasteiger partial charge is 0.356 e. The zero-order valence-corrected chi connectivity index (χ0v) is 14.2. The van der Waals surface area contributed by atoms with E-state index < -0.39 is 11.7 Å². The monoisotopic (exact) mass is 355 g/mol. The summed E-state index contributed by atoms with van der Waals surface area (Å²) in [6.07, 6.45) is 3.59. The van der Waals surface area contributed by atoms with E-state index in [1.165, 1.54) is 18.7 Å². The molecule has 1 amide bonds. The molecule has 1 aromatic rings. The zero-order valence-electron chi connectivity index (χ0n) is 14.2. The molecular formula is C18H24F3N3O. The Kier molecular flexibility index (Phi) is 5.49. The van der Waals surface area contributed by atoms with Crippen LogP contribution in [0.2, 0.25) is 0 Å². The molecule has 1 N–H and O–H groups in total. The Balaban J connectivity index is 1.56. The van der Waals surface area contributed by atoms with Crippen LogP contribution < -0.4 is 10.2 Å². The molecule has 2 aliphatic rings. The van der Waals surface area contributed by atoms with Crippen LogP contribution in [0.25, 0.3) is 0 Å². The van der Waals surface area contributed by atoms with Gasteiger partial charge in [-0.05, 0) is 37.8 Å². The van der Waals surface area contributed by atoms with Gasteiger partial charge in [-0.1, -0.05) is 19.3 Å². The van der Waals surface area contributed by atoms with Crippen molar-refractivity contribution in [2.45, 2.75) is 57.2 Å². The molecule has 2 fully saturated rings. The van der Waals surface area contributed by atoms with Crippen molar-refractivity contribution in [3.8, 4) is 0 Å². The number of halogens is 3. The molecule has 0 bridgehead atoms. The Morgan fingerprint density at radius 2 is 1.80 bits per heavy atom. The van der Waals surface area contributed by atoms with Crippen molar-refractivity contribution >= 4 is 11.7 Å². The van der Waals surface area contributed by atoms with Gasteiger partial charge in [0.25, 0.3) is 0 Å². The molecule has 0 radical (unpaired) electrons. The lowest BCUT2D eigenvalue weighted by Crippen LogP contribution is -2.47. The number of amides is 1. The maximum atomic E-state index is 13.1. The molecule has 2 heterocycles. The van der Waals surface area contributed by atoms with E-state index in [1.54, 1.807) is 4.90 Å². The molecule has 0 atom stereocenters. The van der Waals surface area contributed by atoms with Gasteiger partial charge in [-0.2, -0.15) is 13.2 Å². The van der Waals surface area contributed by atoms with Crippen molar-refractivity contribution in [3.05, 3.63) is 23.9 Å². The highest BCUT2D eigenvalue weighted by molar-refractivity contribution is 5.79. The van der Waals surface area contributed by atoms with E-state index in [9.17, 15) is 18.0 Å². The quantitative estimate of drug-likeness (QED) is 0.898. The summed E-state index contributed by atoms with van der Waals surface area (Å²) in [5, 5.41) is 3.10. The minimum atomic E-state index is -4.41. The van der Waals surface area contributed by atoms with Crippen LogP contribution in [0.15, 0.2) is 18.3 Å². The van der Waals surface area contributed by atoms with Gasteiger partial charge in [-0.15, -0.1) is 0 Å². The topological polar surface area (TPSA) is 45.2 Å². The van der Waals surface area contributed by atoms with Crippen LogP contribution in [0.4, 0.5) is 19.0 Å². The first-order valence-electron chi connectivity index (χ1n) is 9.02. The summed E-state index contributed by atoms with van der Waals surface area (Å²) in [5.74, 6) is 0.221. The molecule has 3 rings (SSSR count). The fraction of sp³-hybridized carbons (Fsp3) is 0.667. The maximum Gasteiger partial charge on any atom is 0.419 e. The number of alkyl halides is 3. The maximum absolute atomic E-state index is 13.1. The second kappa shape index (κ2) is 7.62. The Morgan fingerprint density at radius 1 is 1.12 bits per heavy atom. The van der Waals surface area contributed by atoms with E-state index in [2.05, 4.69) is 10.3 Å². The number of anilines is 1. The van der Waals surface area contributed by atoms with Gasteiger partial charge in [-0.25, -0.2) is 4.98 Å². The summed E-state index contributed by atoms with van der Waals surface area (Å²) in [5.41, 5.74) is -0.695. The van der Waals surface area contributed by atoms with Gasteiger partial charge < -0.3 is 10.2 Å². The number of aromatic nitrogens is 1. The predicted octanol–water partition coefficient (Wildman–Crippen LogP) is 3.77. The molecule has 0 unspecified atom stereocenters. The van der Waals surface area contributed by atoms with Crippen LogP contribution in [-0.2, 0) is 11.0 Å². The van der Waals surface area contributed by atoms with Crippen molar-refractivity contribution in [2.24, 2.45) is 5.92 Å². The Morgan fingerprint density at radius 3 is 2.44 bits per heavy atom. The number of hydrogen-bond donors (Lipinski definition) is 1. The molecule has 1 saturated carbocycles. The molecule has 4 nitrogen and oxygen atoms in total. The highest BCUT2D eigenvalue weighted by atomic mass is 19.4. The summed E-state index contributed by atoms with van der Waals surface area (Å²) in [6.45, 7) is 0.936. The molecule has 1 aliphatic heterocycles. The molecule has 7 heteroatoms. The summed E-state index contributed by atoms with van der Waals surface area (Å²) in [4.78, 5) is 17.9. The van der Waals surface area contributed by atoms with E-state index in [0.29, 0.717) is 25.9 Å². The number of piperidine rings is 1. The first-order valence-corrected chi connectivity index (χ1v) is 9.02. The first-order chi connectivity index (χ1) is 11.9. The molecule has 1 aliphatic carbocycles. The minimum Gasteiger partial charge on any atom is -0.356 e. The average Bonchev–Trinajstić information content (AvgIpc) is 2.62. The van der Waals surface area contributed by atoms with E-state index in [0.717, 1.165) is 31.7 Å². The van der Waals surface area contributed by atoms with Crippen LogP contribution in [-0.4, -0.2) is 30.0 Å². The van der Waals surface area contributed by atoms with E-state index in [4.69, 9.17) is 0 Å². The third-order valence-electron chi connectivity index (χ3n) is 5.21. The Bertz CT molecular complexity index is 591. The fourth-order valence-corrected chi connectivity index (χ4v) is 3.79. The van der Waals surface area contributed by atoms with E-state index in [1.807, 2.05) is 0 Å². The third-order valence-corrected chi connectivity index (χ3v) is 5.21. The molecule has 138 valence electrons. The normalized spacial score (nSPS) is 20.5. The summed E-state index contributed by atoms with van der Waals surface area (Å²) < 4.78 is 39.4. The lowest BCUT2D eigenvalue weighted by molar-refractivity contribution is -0.137. The van der Waals surface area contributed by atoms with Crippen LogP contribution >= 0.6 is 0 Å². The van der Waals surface area contributed by atoms with Crippen molar-refractivity contribution in [1.29, 1.82) is 0 Å². The van der Waals surface area contributed by atoms with Crippen molar-refractivity contribution < 1.29 is 18.0 Å². The van der Waals surface area contributed by atoms with Crippen LogP contribution in [0.3, 0.4) is 0 Å². The van der Waals surface area contributed by atoms with E-state index >= 15 is 0 Å². The van der Waals surface area contributed by atoms with Gasteiger partial charge in [0.2, 0.25) is 5.91 Å². The van der Waals surface area contributed by atoms with E-state index in [-0.39, 0.29) is 23.7 Å². The standard InChI is InChI=1S/C18H24F3N3O/c19-18(20,21)15-7-4-10-22-16(15)24-11-8-14(9-12-24)23-17(25)13-5-2-1-3-6-13/h4,7,10,13-14H,1-3,5-6,8-9,11-12H2,(H,23,25). The molecule has 1 saturated heterocycles. The summed E-state index contributed by atoms with van der Waals surface area (Å²) in [7, 11) is 0. The van der Waals surface area contributed by atoms with Gasteiger partial charge in [0.1, 0.15) is 5.82 Å². The van der Waals surface area contributed by atoms with Crippen molar-refractivity contribution in [1.82, 2.24) is 10.3 Å². The zero-order chi connectivity index (χ0) is 17.9. The molecule has 0 aromatic carbocycles. The Labute approximate surface area is 145 Å². The predicted molar refractivity (Wildman–Crippen MR) is 89.2 cm³/mol. The Hall–Kier alpha value is -1.79. The number of pyridine rings is 1. The van der Waals surface area contributed by atoms with Gasteiger partial charge in [0, 0.05) is 31.2 Å². The van der Waals surface area contributed by atoms with Gasteiger partial charge >= 0.3 is 6.18 Å². The summed E-state index contributed by atoms with van der Waals surface area (Å²) >= 11 is 0. The number of nitrogens with zero attached hydrogens (tertiary/aromatic N) is 2. The number of carbonyl (C=O) groups excluding carboxylic acids is 1.